The summed E-state index contributed by atoms with van der Waals surface area (Å²) < 4.78 is 19.6. The molecule has 1 N–H and O–H groups in total. The zero-order valence-electron chi connectivity index (χ0n) is 15.7. The molecule has 1 aliphatic carbocycles. The maximum Gasteiger partial charge on any atom is 0.220 e. The summed E-state index contributed by atoms with van der Waals surface area (Å²) >= 11 is 6.16. The molecular formula is C22H20ClFN2O2. The van der Waals surface area contributed by atoms with Crippen LogP contribution in [0.2, 0.25) is 5.02 Å². The van der Waals surface area contributed by atoms with Gasteiger partial charge in [0.2, 0.25) is 5.91 Å². The van der Waals surface area contributed by atoms with Crippen molar-refractivity contribution < 1.29 is 13.9 Å². The summed E-state index contributed by atoms with van der Waals surface area (Å²) in [4.78, 5) is 18.0. The Kier molecular flexibility index (Phi) is 3.75. The molecule has 3 aromatic rings. The van der Waals surface area contributed by atoms with E-state index in [1.807, 2.05) is 11.0 Å². The number of rotatable bonds is 2. The van der Waals surface area contributed by atoms with Gasteiger partial charge in [-0.3, -0.25) is 4.79 Å². The van der Waals surface area contributed by atoms with E-state index in [9.17, 15) is 9.18 Å². The maximum absolute atomic E-state index is 14.0. The molecule has 4 nitrogen and oxygen atoms in total. The lowest BCUT2D eigenvalue weighted by Gasteiger charge is -2.40. The van der Waals surface area contributed by atoms with Crippen molar-refractivity contribution in [3.05, 3.63) is 64.1 Å². The number of aromatic nitrogens is 1. The molecule has 1 amide bonds. The van der Waals surface area contributed by atoms with Crippen LogP contribution in [-0.4, -0.2) is 29.4 Å². The highest BCUT2D eigenvalue weighted by Crippen LogP contribution is 2.58. The normalized spacial score (nSPS) is 19.7. The van der Waals surface area contributed by atoms with Crippen LogP contribution in [0.15, 0.2) is 36.4 Å². The Morgan fingerprint density at radius 1 is 1.29 bits per heavy atom. The second-order valence-corrected chi connectivity index (χ2v) is 8.26. The summed E-state index contributed by atoms with van der Waals surface area (Å²) in [6, 6.07) is 9.98. The van der Waals surface area contributed by atoms with Crippen LogP contribution in [0.5, 0.6) is 5.75 Å². The topological polar surface area (TPSA) is 45.3 Å². The third-order valence-electron chi connectivity index (χ3n) is 6.13. The van der Waals surface area contributed by atoms with E-state index in [0.29, 0.717) is 17.3 Å². The molecule has 1 saturated carbocycles. The number of hydrogen-bond donors (Lipinski definition) is 1. The van der Waals surface area contributed by atoms with Gasteiger partial charge in [0.15, 0.2) is 0 Å². The van der Waals surface area contributed by atoms with E-state index in [4.69, 9.17) is 16.3 Å². The van der Waals surface area contributed by atoms with E-state index in [1.165, 1.54) is 6.07 Å². The number of carbonyl (C=O) groups is 1. The highest BCUT2D eigenvalue weighted by atomic mass is 35.5. The molecule has 5 rings (SSSR count). The second kappa shape index (κ2) is 5.98. The fourth-order valence-corrected chi connectivity index (χ4v) is 4.86. The predicted molar refractivity (Wildman–Crippen MR) is 106 cm³/mol. The molecule has 1 aliphatic heterocycles. The van der Waals surface area contributed by atoms with Crippen molar-refractivity contribution in [2.75, 3.05) is 13.7 Å². The minimum Gasteiger partial charge on any atom is -0.496 e. The Morgan fingerprint density at radius 3 is 2.75 bits per heavy atom. The molecule has 2 aliphatic rings. The first-order valence-electron chi connectivity index (χ1n) is 9.36. The van der Waals surface area contributed by atoms with E-state index in [-0.39, 0.29) is 23.2 Å². The van der Waals surface area contributed by atoms with Crippen LogP contribution in [0.3, 0.4) is 0 Å². The average Bonchev–Trinajstić information content (AvgIpc) is 3.32. The number of H-pyrrole nitrogens is 1. The lowest BCUT2D eigenvalue weighted by Crippen LogP contribution is -2.44. The van der Waals surface area contributed by atoms with Crippen LogP contribution in [0.1, 0.15) is 42.6 Å². The van der Waals surface area contributed by atoms with Gasteiger partial charge in [-0.2, -0.15) is 0 Å². The van der Waals surface area contributed by atoms with Crippen molar-refractivity contribution in [1.82, 2.24) is 9.88 Å². The molecule has 0 saturated heterocycles. The first-order valence-corrected chi connectivity index (χ1v) is 9.73. The van der Waals surface area contributed by atoms with Crippen molar-refractivity contribution in [1.29, 1.82) is 0 Å². The van der Waals surface area contributed by atoms with Crippen molar-refractivity contribution in [3.63, 3.8) is 0 Å². The molecule has 1 spiro atoms. The van der Waals surface area contributed by atoms with Crippen molar-refractivity contribution >= 4 is 28.4 Å². The van der Waals surface area contributed by atoms with Gasteiger partial charge in [0, 0.05) is 46.1 Å². The Hall–Kier alpha value is -2.53. The summed E-state index contributed by atoms with van der Waals surface area (Å²) in [7, 11) is 1.60. The molecule has 0 radical (unpaired) electrons. The summed E-state index contributed by atoms with van der Waals surface area (Å²) in [5, 5.41) is 1.48. The molecular weight excluding hydrogens is 379 g/mol. The quantitative estimate of drug-likeness (QED) is 0.663. The molecule has 1 aromatic heterocycles. The molecule has 2 aromatic carbocycles. The lowest BCUT2D eigenvalue weighted by molar-refractivity contribution is -0.131. The molecule has 6 heteroatoms. The molecule has 1 unspecified atom stereocenters. The first-order chi connectivity index (χ1) is 13.4. The van der Waals surface area contributed by atoms with Gasteiger partial charge in [-0.05, 0) is 48.7 Å². The fraction of sp³-hybridized carbons (Fsp3) is 0.318. The van der Waals surface area contributed by atoms with Crippen LogP contribution >= 0.6 is 11.6 Å². The third kappa shape index (κ3) is 2.46. The largest absolute Gasteiger partial charge is 0.496 e. The number of nitrogens with one attached hydrogen (secondary N) is 1. The van der Waals surface area contributed by atoms with Crippen molar-refractivity contribution in [2.45, 2.75) is 31.2 Å². The van der Waals surface area contributed by atoms with E-state index < -0.39 is 0 Å². The van der Waals surface area contributed by atoms with Crippen LogP contribution in [-0.2, 0) is 10.2 Å². The van der Waals surface area contributed by atoms with Gasteiger partial charge in [0.25, 0.3) is 0 Å². The SMILES string of the molecule is COc1cc(Cl)ccc1C1c2[nH]c3ccc(F)cc3c2C2(CC2)CN1C(C)=O. The van der Waals surface area contributed by atoms with E-state index in [0.717, 1.165) is 40.6 Å². The van der Waals surface area contributed by atoms with Gasteiger partial charge in [-0.15, -0.1) is 0 Å². The Bertz CT molecular complexity index is 1120. The lowest BCUT2D eigenvalue weighted by atomic mass is 9.83. The number of fused-ring (bicyclic) bond motifs is 4. The van der Waals surface area contributed by atoms with E-state index in [2.05, 4.69) is 4.98 Å². The minimum atomic E-state index is -0.332. The highest BCUT2D eigenvalue weighted by Gasteiger charge is 2.54. The summed E-state index contributed by atoms with van der Waals surface area (Å²) in [6.07, 6.45) is 2.00. The first kappa shape index (κ1) is 17.6. The number of benzene rings is 2. The number of amides is 1. The Morgan fingerprint density at radius 2 is 2.07 bits per heavy atom. The van der Waals surface area contributed by atoms with Gasteiger partial charge in [0.05, 0.1) is 7.11 Å². The number of halogens is 2. The number of aromatic amines is 1. The van der Waals surface area contributed by atoms with Crippen molar-refractivity contribution in [2.24, 2.45) is 0 Å². The number of methoxy groups -OCH3 is 1. The molecule has 28 heavy (non-hydrogen) atoms. The summed E-state index contributed by atoms with van der Waals surface area (Å²) in [6.45, 7) is 2.22. The van der Waals surface area contributed by atoms with Crippen molar-refractivity contribution in [3.8, 4) is 5.75 Å². The van der Waals surface area contributed by atoms with Gasteiger partial charge >= 0.3 is 0 Å². The summed E-state index contributed by atoms with van der Waals surface area (Å²) in [5.74, 6) is 0.384. The van der Waals surface area contributed by atoms with Gasteiger partial charge in [-0.1, -0.05) is 17.7 Å². The zero-order valence-corrected chi connectivity index (χ0v) is 16.4. The number of nitrogens with zero attached hydrogens (tertiary/aromatic N) is 1. The van der Waals surface area contributed by atoms with Crippen LogP contribution in [0, 0.1) is 5.82 Å². The van der Waals surface area contributed by atoms with Gasteiger partial charge in [0.1, 0.15) is 17.6 Å². The zero-order chi connectivity index (χ0) is 19.6. The standard InChI is InChI=1S/C22H20ClFN2O2/c1-12(27)26-11-22(7-8-22)19-16-10-14(24)4-6-17(16)25-20(19)21(26)15-5-3-13(23)9-18(15)28-2/h3-6,9-10,21,25H,7-8,11H2,1-2H3. The number of hydrogen-bond acceptors (Lipinski definition) is 2. The van der Waals surface area contributed by atoms with Crippen LogP contribution in [0.25, 0.3) is 10.9 Å². The minimum absolute atomic E-state index is 0.00349. The molecule has 1 fully saturated rings. The van der Waals surface area contributed by atoms with E-state index >= 15 is 0 Å². The van der Waals surface area contributed by atoms with E-state index in [1.54, 1.807) is 38.3 Å². The molecule has 1 atom stereocenters. The Labute approximate surface area is 167 Å². The van der Waals surface area contributed by atoms with Gasteiger partial charge < -0.3 is 14.6 Å². The molecule has 0 bridgehead atoms. The molecule has 2 heterocycles. The number of ether oxygens (including phenoxy) is 1. The highest BCUT2D eigenvalue weighted by molar-refractivity contribution is 6.30. The average molecular weight is 399 g/mol. The van der Waals surface area contributed by atoms with Crippen LogP contribution < -0.4 is 4.74 Å². The summed E-state index contributed by atoms with van der Waals surface area (Å²) in [5.41, 5.74) is 3.75. The Balaban J connectivity index is 1.81. The van der Waals surface area contributed by atoms with Gasteiger partial charge in [-0.25, -0.2) is 4.39 Å². The smallest absolute Gasteiger partial charge is 0.220 e. The fourth-order valence-electron chi connectivity index (χ4n) is 4.70. The third-order valence-corrected chi connectivity index (χ3v) is 6.36. The monoisotopic (exact) mass is 398 g/mol. The molecule has 144 valence electrons. The predicted octanol–water partition coefficient (Wildman–Crippen LogP) is 4.95. The number of carbonyl (C=O) groups excluding carboxylic acids is 1. The van der Waals surface area contributed by atoms with Crippen LogP contribution in [0.4, 0.5) is 4.39 Å². The second-order valence-electron chi connectivity index (χ2n) is 7.82. The maximum atomic E-state index is 14.0.